The van der Waals surface area contributed by atoms with Crippen molar-refractivity contribution in [3.8, 4) is 134 Å². The van der Waals surface area contributed by atoms with Crippen molar-refractivity contribution in [2.24, 2.45) is 0 Å². The second-order valence-electron chi connectivity index (χ2n) is 19.4. The van der Waals surface area contributed by atoms with Gasteiger partial charge < -0.3 is 0 Å². The zero-order valence-corrected chi connectivity index (χ0v) is 42.8. The molecule has 0 saturated carbocycles. The SMILES string of the molecule is c1ccc(-c2cc(-c3c(-c4ccccc4)c(-c4cc(-c5ccccc5)nc(-c5ccccc5)c4)c(-c4ccccc4)c(-c4cc(-c5ccccc5)nc(-c5ccccc5)c4)c3-c3ccccc3)cc(-c3ccccc3)n2)cc1. The van der Waals surface area contributed by atoms with Gasteiger partial charge in [0.2, 0.25) is 0 Å². The first-order chi connectivity index (χ1) is 38.7. The molecule has 0 radical (unpaired) electrons. The molecule has 0 N–H and O–H groups in total. The molecule has 78 heavy (non-hydrogen) atoms. The molecule has 0 bridgehead atoms. The molecule has 3 aromatic heterocycles. The van der Waals surface area contributed by atoms with Crippen LogP contribution in [0, 0.1) is 0 Å². The molecule has 10 aromatic carbocycles. The minimum atomic E-state index is 0.878. The largest absolute Gasteiger partial charge is 0.248 e. The fourth-order valence-electron chi connectivity index (χ4n) is 10.9. The van der Waals surface area contributed by atoms with E-state index in [-0.39, 0.29) is 0 Å². The second kappa shape index (κ2) is 21.5. The first-order valence-electron chi connectivity index (χ1n) is 26.5. The van der Waals surface area contributed by atoms with Gasteiger partial charge in [-0.15, -0.1) is 0 Å². The minimum Gasteiger partial charge on any atom is -0.248 e. The van der Waals surface area contributed by atoms with Gasteiger partial charge in [0.15, 0.2) is 0 Å². The summed E-state index contributed by atoms with van der Waals surface area (Å²) in [6.45, 7) is 0. The molecule has 13 rings (SSSR count). The van der Waals surface area contributed by atoms with Gasteiger partial charge in [-0.3, -0.25) is 0 Å². The molecule has 0 aliphatic carbocycles. The lowest BCUT2D eigenvalue weighted by atomic mass is 9.73. The van der Waals surface area contributed by atoms with E-state index in [9.17, 15) is 0 Å². The van der Waals surface area contributed by atoms with Crippen LogP contribution in [0.1, 0.15) is 0 Å². The highest BCUT2D eigenvalue weighted by atomic mass is 14.7. The highest BCUT2D eigenvalue weighted by Crippen LogP contribution is 2.57. The number of pyridine rings is 3. The van der Waals surface area contributed by atoms with Crippen LogP contribution in [0.25, 0.3) is 134 Å². The first-order valence-corrected chi connectivity index (χ1v) is 26.5. The number of rotatable bonds is 12. The lowest BCUT2D eigenvalue weighted by Crippen LogP contribution is -2.04. The lowest BCUT2D eigenvalue weighted by Gasteiger charge is -2.29. The quantitative estimate of drug-likeness (QED) is 0.122. The van der Waals surface area contributed by atoms with Crippen molar-refractivity contribution in [3.05, 3.63) is 309 Å². The molecule has 0 atom stereocenters. The summed E-state index contributed by atoms with van der Waals surface area (Å²) >= 11 is 0. The highest BCUT2D eigenvalue weighted by molar-refractivity contribution is 6.16. The second-order valence-corrected chi connectivity index (χ2v) is 19.4. The third-order valence-electron chi connectivity index (χ3n) is 14.4. The molecule has 0 fully saturated rings. The molecule has 0 amide bonds. The van der Waals surface area contributed by atoms with Gasteiger partial charge in [-0.25, -0.2) is 15.0 Å². The number of aromatic nitrogens is 3. The molecule has 366 valence electrons. The van der Waals surface area contributed by atoms with Gasteiger partial charge in [-0.05, 0) is 103 Å². The summed E-state index contributed by atoms with van der Waals surface area (Å²) in [7, 11) is 0. The third-order valence-corrected chi connectivity index (χ3v) is 14.4. The maximum atomic E-state index is 5.49. The number of hydrogen-bond acceptors (Lipinski definition) is 3. The van der Waals surface area contributed by atoms with Crippen LogP contribution >= 0.6 is 0 Å². The Hall–Kier alpha value is -10.4. The van der Waals surface area contributed by atoms with E-state index >= 15 is 0 Å². The molecule has 3 heteroatoms. The fourth-order valence-corrected chi connectivity index (χ4v) is 10.9. The van der Waals surface area contributed by atoms with Crippen molar-refractivity contribution in [3.63, 3.8) is 0 Å². The van der Waals surface area contributed by atoms with Crippen LogP contribution < -0.4 is 0 Å². The Labute approximate surface area is 456 Å². The van der Waals surface area contributed by atoms with E-state index in [4.69, 9.17) is 15.0 Å². The van der Waals surface area contributed by atoms with Crippen LogP contribution in [0.2, 0.25) is 0 Å². The van der Waals surface area contributed by atoms with Crippen LogP contribution in [0.4, 0.5) is 0 Å². The van der Waals surface area contributed by atoms with Gasteiger partial charge in [-0.1, -0.05) is 273 Å². The van der Waals surface area contributed by atoms with Crippen LogP contribution in [-0.4, -0.2) is 15.0 Å². The molecule has 3 heterocycles. The number of benzene rings is 10. The Kier molecular flexibility index (Phi) is 13.0. The van der Waals surface area contributed by atoms with Crippen LogP contribution in [0.3, 0.4) is 0 Å². The fraction of sp³-hybridized carbons (Fsp3) is 0. The summed E-state index contributed by atoms with van der Waals surface area (Å²) in [5.41, 5.74) is 24.3. The highest BCUT2D eigenvalue weighted by Gasteiger charge is 2.31. The standard InChI is InChI=1S/C75H51N3/c1-10-28-52(29-11-1)64-46-61(47-65(76-64)53-30-12-2-13-31-53)73-70(58-40-22-7-23-41-58)74(62-48-66(54-32-14-3-15-33-54)77-67(49-62)55-34-16-4-17-35-55)72(60-44-26-9-27-45-60)75(71(73)59-42-24-8-25-43-59)63-50-68(56-36-18-5-19-37-56)78-69(51-63)57-38-20-6-21-39-57/h1-51H. The summed E-state index contributed by atoms with van der Waals surface area (Å²) in [5.74, 6) is 0. The van der Waals surface area contributed by atoms with E-state index in [1.807, 2.05) is 0 Å². The molecular formula is C75H51N3. The Bertz CT molecular complexity index is 3540. The molecule has 3 nitrogen and oxygen atoms in total. The van der Waals surface area contributed by atoms with Crippen molar-refractivity contribution in [1.29, 1.82) is 0 Å². The van der Waals surface area contributed by atoms with Gasteiger partial charge in [0.25, 0.3) is 0 Å². The maximum absolute atomic E-state index is 5.49. The summed E-state index contributed by atoms with van der Waals surface area (Å²) in [6.07, 6.45) is 0. The maximum Gasteiger partial charge on any atom is 0.0715 e. The molecule has 0 spiro atoms. The van der Waals surface area contributed by atoms with Gasteiger partial charge in [0.1, 0.15) is 0 Å². The van der Waals surface area contributed by atoms with E-state index in [2.05, 4.69) is 309 Å². The summed E-state index contributed by atoms with van der Waals surface area (Å²) in [4.78, 5) is 16.5. The topological polar surface area (TPSA) is 38.7 Å². The molecule has 0 aliphatic heterocycles. The normalized spacial score (nSPS) is 11.1. The molecule has 0 aliphatic rings. The van der Waals surface area contributed by atoms with Gasteiger partial charge >= 0.3 is 0 Å². The van der Waals surface area contributed by atoms with Crippen molar-refractivity contribution in [2.45, 2.75) is 0 Å². The molecule has 13 aromatic rings. The van der Waals surface area contributed by atoms with E-state index in [1.165, 1.54) is 0 Å². The predicted molar refractivity (Wildman–Crippen MR) is 325 cm³/mol. The van der Waals surface area contributed by atoms with Gasteiger partial charge in [-0.2, -0.15) is 0 Å². The third kappa shape index (κ3) is 9.53. The average Bonchev–Trinajstić information content (AvgIpc) is 3.72. The summed E-state index contributed by atoms with van der Waals surface area (Å²) in [6, 6.07) is 110. The van der Waals surface area contributed by atoms with E-state index in [1.54, 1.807) is 0 Å². The monoisotopic (exact) mass is 993 g/mol. The van der Waals surface area contributed by atoms with Gasteiger partial charge in [0.05, 0.1) is 34.2 Å². The zero-order valence-electron chi connectivity index (χ0n) is 42.8. The van der Waals surface area contributed by atoms with Crippen LogP contribution in [0.5, 0.6) is 0 Å². The van der Waals surface area contributed by atoms with E-state index in [0.717, 1.165) is 134 Å². The minimum absolute atomic E-state index is 0.878. The van der Waals surface area contributed by atoms with Crippen LogP contribution in [-0.2, 0) is 0 Å². The van der Waals surface area contributed by atoms with Crippen molar-refractivity contribution in [2.75, 3.05) is 0 Å². The first kappa shape index (κ1) is 47.4. The van der Waals surface area contributed by atoms with Crippen LogP contribution in [0.15, 0.2) is 309 Å². The number of hydrogen-bond donors (Lipinski definition) is 0. The summed E-state index contributed by atoms with van der Waals surface area (Å²) < 4.78 is 0. The average molecular weight is 994 g/mol. The van der Waals surface area contributed by atoms with E-state index in [0.29, 0.717) is 0 Å². The van der Waals surface area contributed by atoms with Crippen molar-refractivity contribution in [1.82, 2.24) is 15.0 Å². The zero-order chi connectivity index (χ0) is 52.0. The Morgan fingerprint density at radius 1 is 0.128 bits per heavy atom. The molecule has 0 saturated heterocycles. The molecular weight excluding hydrogens is 943 g/mol. The smallest absolute Gasteiger partial charge is 0.0715 e. The Morgan fingerprint density at radius 3 is 0.410 bits per heavy atom. The van der Waals surface area contributed by atoms with Gasteiger partial charge in [0, 0.05) is 33.4 Å². The van der Waals surface area contributed by atoms with E-state index < -0.39 is 0 Å². The van der Waals surface area contributed by atoms with Crippen molar-refractivity contribution < 1.29 is 0 Å². The number of nitrogens with zero attached hydrogens (tertiary/aromatic N) is 3. The molecule has 0 unspecified atom stereocenters. The summed E-state index contributed by atoms with van der Waals surface area (Å²) in [5, 5.41) is 0. The Morgan fingerprint density at radius 2 is 0.256 bits per heavy atom. The lowest BCUT2D eigenvalue weighted by molar-refractivity contribution is 1.31. The Balaban J connectivity index is 1.30. The van der Waals surface area contributed by atoms with Crippen molar-refractivity contribution >= 4 is 0 Å². The predicted octanol–water partition coefficient (Wildman–Crippen LogP) is 19.9.